The molecule has 2 radical (unpaired) electrons. The van der Waals surface area contributed by atoms with Gasteiger partial charge in [0.1, 0.15) is 34.6 Å². The van der Waals surface area contributed by atoms with Crippen LogP contribution in [0.3, 0.4) is 0 Å². The molecule has 4 rings (SSSR count). The predicted molar refractivity (Wildman–Crippen MR) is 161 cm³/mol. The average Bonchev–Trinajstić information content (AvgIpc) is 2.88. The van der Waals surface area contributed by atoms with E-state index in [0.29, 0.717) is 11.4 Å². The minimum Gasteiger partial charge on any atom is -0.505 e. The van der Waals surface area contributed by atoms with Crippen LogP contribution in [-0.4, -0.2) is 113 Å². The summed E-state index contributed by atoms with van der Waals surface area (Å²) in [7, 11) is -9.45. The number of rotatable bonds is 10. The summed E-state index contributed by atoms with van der Waals surface area (Å²) < 4.78 is 73.2. The second kappa shape index (κ2) is 15.8. The molecule has 14 nitrogen and oxygen atoms in total. The number of azo groups is 1. The Hall–Kier alpha value is -1.35. The molecule has 218 valence electrons. The minimum atomic E-state index is -4.87. The van der Waals surface area contributed by atoms with Gasteiger partial charge in [0.2, 0.25) is 5.28 Å². The summed E-state index contributed by atoms with van der Waals surface area (Å²) in [6, 6.07) is 11.3. The molecule has 0 amide bonds. The maximum absolute atomic E-state index is 12.2. The van der Waals surface area contributed by atoms with Crippen molar-refractivity contribution < 1.29 is 40.0 Å². The van der Waals surface area contributed by atoms with Crippen LogP contribution in [0.4, 0.5) is 22.9 Å². The fraction of sp³-hybridized carbons (Fsp3) is 0.0909. The molecule has 0 aliphatic heterocycles. The van der Waals surface area contributed by atoms with Crippen LogP contribution in [0, 0.1) is 0 Å². The Bertz CT molecular complexity index is 1890. The van der Waals surface area contributed by atoms with E-state index in [9.17, 15) is 26.5 Å². The summed E-state index contributed by atoms with van der Waals surface area (Å²) in [6.07, 6.45) is 0. The topological polar surface area (TPSA) is 210 Å². The van der Waals surface area contributed by atoms with Crippen LogP contribution in [0.2, 0.25) is 15.5 Å². The van der Waals surface area contributed by atoms with Crippen molar-refractivity contribution in [1.82, 2.24) is 9.97 Å². The average molecular weight is 711 g/mol. The summed E-state index contributed by atoms with van der Waals surface area (Å²) in [4.78, 5) is 6.95. The first-order valence-corrected chi connectivity index (χ1v) is 14.8. The van der Waals surface area contributed by atoms with Gasteiger partial charge in [0.05, 0.1) is 5.69 Å². The van der Waals surface area contributed by atoms with E-state index in [-0.39, 0.29) is 103 Å². The van der Waals surface area contributed by atoms with Crippen molar-refractivity contribution in [1.29, 1.82) is 0 Å². The number of phenolic OH excluding ortho intramolecular Hbond substituents is 1. The molecule has 4 aromatic rings. The Balaban J connectivity index is 0.00000323. The Morgan fingerprint density at radius 2 is 1.56 bits per heavy atom. The van der Waals surface area contributed by atoms with Crippen molar-refractivity contribution in [3.8, 4) is 11.5 Å². The van der Waals surface area contributed by atoms with Crippen LogP contribution < -0.4 is 10.1 Å². The van der Waals surface area contributed by atoms with Gasteiger partial charge in [-0.25, -0.2) is 9.17 Å². The first kappa shape index (κ1) is 37.8. The number of hydrogen-bond acceptors (Lipinski definition) is 12. The Morgan fingerprint density at radius 3 is 2.19 bits per heavy atom. The van der Waals surface area contributed by atoms with E-state index in [1.54, 1.807) is 0 Å². The van der Waals surface area contributed by atoms with Crippen LogP contribution in [0.15, 0.2) is 63.7 Å². The molecule has 0 spiro atoms. The van der Waals surface area contributed by atoms with E-state index in [1.807, 2.05) is 0 Å². The van der Waals surface area contributed by atoms with Gasteiger partial charge in [-0.3, -0.25) is 9.11 Å². The predicted octanol–water partition coefficient (Wildman–Crippen LogP) is 5.14. The van der Waals surface area contributed by atoms with Gasteiger partial charge in [-0.05, 0) is 65.5 Å². The standard InChI is InChI=1S/C22H16Cl3N5O9S2.2Na/c23-17-20(24)27-22(25)28-21(17)26-13-3-6-15-11(9-13)10-16(40(32,33)34)18(19(15)31)30-29-12-1-4-14(5-2-12)38-7-8-39-41(35,36)37;;/h1-6,9-10,31H,7-8H2,(H,26,27,28)(H,32,33,34)(H,35,36,37);;. The first-order valence-electron chi connectivity index (χ1n) is 10.9. The first-order chi connectivity index (χ1) is 19.2. The molecule has 1 heterocycles. The summed E-state index contributed by atoms with van der Waals surface area (Å²) in [6.45, 7) is -0.608. The maximum atomic E-state index is 12.2. The zero-order valence-electron chi connectivity index (χ0n) is 22.1. The van der Waals surface area contributed by atoms with E-state index in [1.165, 1.54) is 42.5 Å². The third kappa shape index (κ3) is 10.3. The van der Waals surface area contributed by atoms with Gasteiger partial charge in [-0.1, -0.05) is 23.2 Å². The molecule has 21 heteroatoms. The van der Waals surface area contributed by atoms with Crippen LogP contribution >= 0.6 is 34.8 Å². The number of anilines is 2. The van der Waals surface area contributed by atoms with Gasteiger partial charge in [0.25, 0.3) is 10.1 Å². The molecular formula is C22H16Cl3N5Na2O9S2. The summed E-state index contributed by atoms with van der Waals surface area (Å²) >= 11 is 17.9. The zero-order valence-corrected chi connectivity index (χ0v) is 30.0. The van der Waals surface area contributed by atoms with E-state index in [0.717, 1.165) is 6.07 Å². The fourth-order valence-electron chi connectivity index (χ4n) is 3.35. The number of hydrogen-bond donors (Lipinski definition) is 4. The quantitative estimate of drug-likeness (QED) is 0.0421. The summed E-state index contributed by atoms with van der Waals surface area (Å²) in [5.74, 6) is -0.203. The fourth-order valence-corrected chi connectivity index (χ4v) is 4.80. The Morgan fingerprint density at radius 1 is 0.884 bits per heavy atom. The SMILES string of the molecule is O=S(=O)(O)OCCOc1ccc(N=Nc2c(S(=O)(=O)O)cc3cc(Nc4nc(Cl)nc(Cl)c4Cl)ccc3c2O)cc1.[Na].[Na]. The molecule has 0 bridgehead atoms. The Labute approximate surface area is 304 Å². The summed E-state index contributed by atoms with van der Waals surface area (Å²) in [5, 5.41) is 21.6. The number of aromatic nitrogens is 2. The third-order valence-corrected chi connectivity index (χ3v) is 7.29. The maximum Gasteiger partial charge on any atom is 0.397 e. The van der Waals surface area contributed by atoms with Crippen molar-refractivity contribution in [2.24, 2.45) is 10.2 Å². The van der Waals surface area contributed by atoms with E-state index >= 15 is 0 Å². The van der Waals surface area contributed by atoms with E-state index in [4.69, 9.17) is 44.1 Å². The van der Waals surface area contributed by atoms with Crippen LogP contribution in [0.5, 0.6) is 11.5 Å². The molecule has 43 heavy (non-hydrogen) atoms. The van der Waals surface area contributed by atoms with Crippen molar-refractivity contribution in [3.05, 3.63) is 64.0 Å². The minimum absolute atomic E-state index is 0. The third-order valence-electron chi connectivity index (χ3n) is 5.06. The van der Waals surface area contributed by atoms with E-state index < -0.39 is 43.5 Å². The normalized spacial score (nSPS) is 11.7. The van der Waals surface area contributed by atoms with Crippen LogP contribution in [-0.2, 0) is 24.7 Å². The molecule has 0 fully saturated rings. The van der Waals surface area contributed by atoms with Gasteiger partial charge >= 0.3 is 10.4 Å². The van der Waals surface area contributed by atoms with Crippen molar-refractivity contribution >= 4 is 148 Å². The van der Waals surface area contributed by atoms with Gasteiger partial charge in [-0.15, -0.1) is 5.11 Å². The molecule has 0 saturated heterocycles. The van der Waals surface area contributed by atoms with Crippen molar-refractivity contribution in [3.63, 3.8) is 0 Å². The monoisotopic (exact) mass is 709 g/mol. The number of nitrogens with zero attached hydrogens (tertiary/aromatic N) is 4. The van der Waals surface area contributed by atoms with Crippen LogP contribution in [0.25, 0.3) is 10.8 Å². The second-order valence-corrected chi connectivity index (χ2v) is 11.4. The largest absolute Gasteiger partial charge is 0.505 e. The molecule has 0 unspecified atom stereocenters. The summed E-state index contributed by atoms with van der Waals surface area (Å²) in [5.41, 5.74) is 0.0545. The molecule has 0 aliphatic rings. The number of nitrogens with one attached hydrogen (secondary N) is 1. The van der Waals surface area contributed by atoms with Crippen molar-refractivity contribution in [2.45, 2.75) is 4.90 Å². The zero-order chi connectivity index (χ0) is 29.9. The molecule has 0 aliphatic carbocycles. The van der Waals surface area contributed by atoms with E-state index in [2.05, 4.69) is 29.7 Å². The number of phenols is 1. The second-order valence-electron chi connectivity index (χ2n) is 7.85. The van der Waals surface area contributed by atoms with Gasteiger partial charge in [-0.2, -0.15) is 26.9 Å². The number of benzene rings is 3. The number of ether oxygens (including phenoxy) is 1. The number of fused-ring (bicyclic) bond motifs is 1. The van der Waals surface area contributed by atoms with Crippen molar-refractivity contribution in [2.75, 3.05) is 18.5 Å². The molecule has 0 atom stereocenters. The van der Waals surface area contributed by atoms with Gasteiger partial charge < -0.3 is 15.2 Å². The molecule has 4 N–H and O–H groups in total. The smallest absolute Gasteiger partial charge is 0.397 e. The van der Waals surface area contributed by atoms with Gasteiger partial charge in [0.15, 0.2) is 16.7 Å². The Kier molecular flexibility index (Phi) is 13.9. The van der Waals surface area contributed by atoms with Gasteiger partial charge in [0, 0.05) is 70.2 Å². The molecular weight excluding hydrogens is 695 g/mol. The molecule has 0 saturated carbocycles. The number of aromatic hydroxyl groups is 1. The van der Waals surface area contributed by atoms with Crippen LogP contribution in [0.1, 0.15) is 0 Å². The number of halogens is 3. The molecule has 1 aromatic heterocycles. The molecule has 3 aromatic carbocycles.